The van der Waals surface area contributed by atoms with Gasteiger partial charge in [0, 0.05) is 21.1 Å². The van der Waals surface area contributed by atoms with Crippen LogP contribution in [0.3, 0.4) is 0 Å². The zero-order valence-electron chi connectivity index (χ0n) is 5.42. The molecule has 0 heterocycles. The van der Waals surface area contributed by atoms with Gasteiger partial charge in [-0.15, -0.1) is 12.1 Å². The second kappa shape index (κ2) is 3.74. The maximum absolute atomic E-state index is 3.76. The summed E-state index contributed by atoms with van der Waals surface area (Å²) in [5.74, 6) is 0. The summed E-state index contributed by atoms with van der Waals surface area (Å²) >= 11 is 0. The standard InChI is InChI=1S/C8H9.W/c1-7-3-5-8(2)6-4-7;/h3-6H,1H2,2H3;/q-1;. The molecule has 1 heteroatoms. The molecule has 0 saturated heterocycles. The fourth-order valence-electron chi connectivity index (χ4n) is 0.588. The third kappa shape index (κ3) is 2.72. The van der Waals surface area contributed by atoms with Crippen LogP contribution in [0, 0.1) is 13.8 Å². The van der Waals surface area contributed by atoms with Gasteiger partial charge in [0.1, 0.15) is 0 Å². The molecular weight excluding hydrogens is 280 g/mol. The molecule has 0 nitrogen and oxygen atoms in total. The van der Waals surface area contributed by atoms with Gasteiger partial charge in [0.05, 0.1) is 0 Å². The van der Waals surface area contributed by atoms with Gasteiger partial charge in [0.25, 0.3) is 0 Å². The van der Waals surface area contributed by atoms with Crippen LogP contribution in [0.1, 0.15) is 11.1 Å². The predicted octanol–water partition coefficient (Wildman–Crippen LogP) is 2.17. The Morgan fingerprint density at radius 1 is 1.11 bits per heavy atom. The fraction of sp³-hybridized carbons (Fsp3) is 0.125. The maximum Gasteiger partial charge on any atom is 0 e. The van der Waals surface area contributed by atoms with Gasteiger partial charge in [-0.25, -0.2) is 0 Å². The van der Waals surface area contributed by atoms with Crippen molar-refractivity contribution in [1.29, 1.82) is 0 Å². The van der Waals surface area contributed by atoms with Crippen molar-refractivity contribution in [1.82, 2.24) is 0 Å². The molecule has 1 rings (SSSR count). The van der Waals surface area contributed by atoms with Crippen LogP contribution in [0.25, 0.3) is 0 Å². The molecule has 0 unspecified atom stereocenters. The van der Waals surface area contributed by atoms with Crippen molar-refractivity contribution in [2.45, 2.75) is 6.92 Å². The molecule has 0 aromatic heterocycles. The summed E-state index contributed by atoms with van der Waals surface area (Å²) in [5, 5.41) is 0. The van der Waals surface area contributed by atoms with E-state index in [1.54, 1.807) is 0 Å². The second-order valence-corrected chi connectivity index (χ2v) is 1.99. The van der Waals surface area contributed by atoms with E-state index in [0.29, 0.717) is 0 Å². The number of hydrogen-bond donors (Lipinski definition) is 0. The fourth-order valence-corrected chi connectivity index (χ4v) is 0.588. The monoisotopic (exact) mass is 289 g/mol. The molecule has 9 heavy (non-hydrogen) atoms. The van der Waals surface area contributed by atoms with Gasteiger partial charge in [-0.2, -0.15) is 24.6 Å². The van der Waals surface area contributed by atoms with E-state index >= 15 is 0 Å². The first-order valence-corrected chi connectivity index (χ1v) is 2.67. The summed E-state index contributed by atoms with van der Waals surface area (Å²) in [6.45, 7) is 5.83. The molecule has 0 amide bonds. The Morgan fingerprint density at radius 2 is 1.56 bits per heavy atom. The minimum atomic E-state index is 0. The Labute approximate surface area is 70.5 Å². The van der Waals surface area contributed by atoms with E-state index in [-0.39, 0.29) is 21.1 Å². The van der Waals surface area contributed by atoms with Crippen molar-refractivity contribution in [3.63, 3.8) is 0 Å². The predicted molar refractivity (Wildman–Crippen MR) is 35.6 cm³/mol. The van der Waals surface area contributed by atoms with Gasteiger partial charge in [0.15, 0.2) is 0 Å². The van der Waals surface area contributed by atoms with Crippen LogP contribution < -0.4 is 0 Å². The van der Waals surface area contributed by atoms with Crippen molar-refractivity contribution in [2.24, 2.45) is 0 Å². The molecule has 1 aromatic carbocycles. The zero-order chi connectivity index (χ0) is 5.98. The first-order chi connectivity index (χ1) is 3.79. The van der Waals surface area contributed by atoms with Crippen LogP contribution in [-0.2, 0) is 21.1 Å². The van der Waals surface area contributed by atoms with E-state index in [4.69, 9.17) is 0 Å². The first-order valence-electron chi connectivity index (χ1n) is 2.67. The number of rotatable bonds is 0. The van der Waals surface area contributed by atoms with Crippen LogP contribution in [0.2, 0.25) is 0 Å². The maximum atomic E-state index is 3.76. The molecule has 0 aliphatic rings. The van der Waals surface area contributed by atoms with Crippen LogP contribution in [0.5, 0.6) is 0 Å². The first kappa shape index (κ1) is 8.78. The summed E-state index contributed by atoms with van der Waals surface area (Å²) in [6.07, 6.45) is 0. The third-order valence-electron chi connectivity index (χ3n) is 1.12. The Kier molecular flexibility index (Phi) is 3.65. The summed E-state index contributed by atoms with van der Waals surface area (Å²) in [6, 6.07) is 8.13. The average molecular weight is 289 g/mol. The van der Waals surface area contributed by atoms with E-state index in [2.05, 4.69) is 26.0 Å². The minimum absolute atomic E-state index is 0. The van der Waals surface area contributed by atoms with Gasteiger partial charge in [-0.05, 0) is 6.92 Å². The Hall–Kier alpha value is -0.222. The Morgan fingerprint density at radius 3 is 1.89 bits per heavy atom. The molecule has 0 N–H and O–H groups in total. The SMILES string of the molecule is [CH2-]c1ccc(C)cc1.[W]. The van der Waals surface area contributed by atoms with E-state index in [1.807, 2.05) is 12.1 Å². The molecule has 0 bridgehead atoms. The molecule has 0 atom stereocenters. The van der Waals surface area contributed by atoms with Gasteiger partial charge in [-0.1, -0.05) is 5.56 Å². The third-order valence-corrected chi connectivity index (χ3v) is 1.12. The summed E-state index contributed by atoms with van der Waals surface area (Å²) in [7, 11) is 0. The van der Waals surface area contributed by atoms with E-state index in [9.17, 15) is 0 Å². The molecular formula is C8H9W-. The summed E-state index contributed by atoms with van der Waals surface area (Å²) in [5.41, 5.74) is 2.37. The van der Waals surface area contributed by atoms with Gasteiger partial charge >= 0.3 is 0 Å². The molecule has 48 valence electrons. The number of hydrogen-bond acceptors (Lipinski definition) is 0. The normalized spacial score (nSPS) is 8.11. The molecule has 1 aromatic rings. The minimum Gasteiger partial charge on any atom is -0.199 e. The smallest absolute Gasteiger partial charge is 0 e. The number of benzene rings is 1. The van der Waals surface area contributed by atoms with Crippen molar-refractivity contribution >= 4 is 0 Å². The zero-order valence-corrected chi connectivity index (χ0v) is 8.36. The van der Waals surface area contributed by atoms with E-state index < -0.39 is 0 Å². The molecule has 0 aliphatic heterocycles. The Bertz CT molecular complexity index is 143. The second-order valence-electron chi connectivity index (χ2n) is 1.99. The quantitative estimate of drug-likeness (QED) is 0.642. The van der Waals surface area contributed by atoms with Crippen LogP contribution in [-0.4, -0.2) is 0 Å². The van der Waals surface area contributed by atoms with Crippen molar-refractivity contribution < 1.29 is 21.1 Å². The van der Waals surface area contributed by atoms with Gasteiger partial charge in [0.2, 0.25) is 0 Å². The topological polar surface area (TPSA) is 0 Å². The largest absolute Gasteiger partial charge is 0.199 e. The molecule has 0 radical (unpaired) electrons. The average Bonchev–Trinajstić information content (AvgIpc) is 1.77. The molecule has 0 fully saturated rings. The summed E-state index contributed by atoms with van der Waals surface area (Å²) < 4.78 is 0. The summed E-state index contributed by atoms with van der Waals surface area (Å²) in [4.78, 5) is 0. The van der Waals surface area contributed by atoms with Crippen LogP contribution >= 0.6 is 0 Å². The molecule has 0 spiro atoms. The Balaban J connectivity index is 0.000000640. The van der Waals surface area contributed by atoms with E-state index in [0.717, 1.165) is 5.56 Å². The van der Waals surface area contributed by atoms with Crippen molar-refractivity contribution in [2.75, 3.05) is 0 Å². The van der Waals surface area contributed by atoms with E-state index in [1.165, 1.54) is 5.56 Å². The molecule has 0 saturated carbocycles. The van der Waals surface area contributed by atoms with Crippen molar-refractivity contribution in [3.05, 3.63) is 42.3 Å². The molecule has 0 aliphatic carbocycles. The van der Waals surface area contributed by atoms with Crippen molar-refractivity contribution in [3.8, 4) is 0 Å². The van der Waals surface area contributed by atoms with Gasteiger partial charge in [-0.3, -0.25) is 0 Å². The number of aryl methyl sites for hydroxylation is 1. The van der Waals surface area contributed by atoms with Crippen LogP contribution in [0.15, 0.2) is 24.3 Å². The van der Waals surface area contributed by atoms with Crippen LogP contribution in [0.4, 0.5) is 0 Å². The van der Waals surface area contributed by atoms with Gasteiger partial charge < -0.3 is 0 Å².